The number of aliphatic hydroxyl groups excluding tert-OH is 1. The first-order chi connectivity index (χ1) is 8.88. The summed E-state index contributed by atoms with van der Waals surface area (Å²) in [6, 6.07) is 2.87. The third-order valence-corrected chi connectivity index (χ3v) is 3.94. The van der Waals surface area contributed by atoms with Crippen LogP contribution in [0, 0.1) is 5.92 Å². The van der Waals surface area contributed by atoms with Gasteiger partial charge in [0.05, 0.1) is 12.6 Å². The molecular formula is C12H22N2O4S. The number of aliphatic hydroxyl groups is 1. The Balaban J connectivity index is 2.44. The number of furan rings is 1. The van der Waals surface area contributed by atoms with Gasteiger partial charge in [-0.15, -0.1) is 0 Å². The van der Waals surface area contributed by atoms with Crippen molar-refractivity contribution in [3.8, 4) is 0 Å². The molecule has 0 bridgehead atoms. The Morgan fingerprint density at radius 1 is 1.37 bits per heavy atom. The Labute approximate surface area is 114 Å². The van der Waals surface area contributed by atoms with E-state index in [1.165, 1.54) is 6.07 Å². The van der Waals surface area contributed by atoms with Crippen LogP contribution in [-0.4, -0.2) is 26.2 Å². The van der Waals surface area contributed by atoms with Crippen molar-refractivity contribution in [1.82, 2.24) is 5.32 Å². The van der Waals surface area contributed by atoms with Crippen LogP contribution in [0.1, 0.15) is 32.4 Å². The fraction of sp³-hybridized carbons (Fsp3) is 0.667. The Morgan fingerprint density at radius 2 is 2.00 bits per heavy atom. The molecule has 1 aromatic rings. The van der Waals surface area contributed by atoms with Gasteiger partial charge in [-0.3, -0.25) is 0 Å². The molecule has 0 aliphatic carbocycles. The molecule has 110 valence electrons. The number of rotatable bonds is 8. The highest BCUT2D eigenvalue weighted by molar-refractivity contribution is 7.89. The summed E-state index contributed by atoms with van der Waals surface area (Å²) in [6.45, 7) is 4.88. The van der Waals surface area contributed by atoms with Gasteiger partial charge in [0.2, 0.25) is 5.09 Å². The summed E-state index contributed by atoms with van der Waals surface area (Å²) in [5.74, 6) is 0.741. The average Bonchev–Trinajstić information content (AvgIpc) is 2.79. The van der Waals surface area contributed by atoms with Crippen molar-refractivity contribution in [3.63, 3.8) is 0 Å². The van der Waals surface area contributed by atoms with Crippen LogP contribution >= 0.6 is 0 Å². The first-order valence-electron chi connectivity index (χ1n) is 6.38. The lowest BCUT2D eigenvalue weighted by molar-refractivity contribution is 0.101. The molecule has 7 heteroatoms. The van der Waals surface area contributed by atoms with Crippen LogP contribution in [0.2, 0.25) is 0 Å². The third-order valence-electron chi connectivity index (χ3n) is 3.16. The third kappa shape index (κ3) is 4.94. The number of hydrogen-bond acceptors (Lipinski definition) is 5. The van der Waals surface area contributed by atoms with Crippen molar-refractivity contribution in [3.05, 3.63) is 17.9 Å². The molecule has 0 aromatic carbocycles. The monoisotopic (exact) mass is 290 g/mol. The second-order valence-electron chi connectivity index (χ2n) is 4.54. The predicted octanol–water partition coefficient (Wildman–Crippen LogP) is 0.814. The first-order valence-corrected chi connectivity index (χ1v) is 7.93. The zero-order valence-electron chi connectivity index (χ0n) is 11.3. The van der Waals surface area contributed by atoms with Crippen molar-refractivity contribution in [2.75, 3.05) is 6.54 Å². The van der Waals surface area contributed by atoms with Crippen molar-refractivity contribution in [2.24, 2.45) is 11.1 Å². The van der Waals surface area contributed by atoms with Gasteiger partial charge < -0.3 is 14.8 Å². The predicted molar refractivity (Wildman–Crippen MR) is 71.9 cm³/mol. The van der Waals surface area contributed by atoms with E-state index in [1.807, 2.05) is 13.8 Å². The van der Waals surface area contributed by atoms with Gasteiger partial charge in [0.25, 0.3) is 10.0 Å². The second kappa shape index (κ2) is 7.04. The lowest BCUT2D eigenvalue weighted by Crippen LogP contribution is -2.32. The van der Waals surface area contributed by atoms with Gasteiger partial charge in [-0.1, -0.05) is 26.7 Å². The molecule has 0 aliphatic heterocycles. The highest BCUT2D eigenvalue weighted by Crippen LogP contribution is 2.14. The van der Waals surface area contributed by atoms with E-state index in [0.717, 1.165) is 12.8 Å². The standard InChI is InChI=1S/C12H22N2O4S/c1-3-9(4-2)11(15)8-14-7-10-5-6-12(18-10)19(13,16)17/h5-6,9,11,14-15H,3-4,7-8H2,1-2H3,(H2,13,16,17). The molecule has 0 aliphatic rings. The van der Waals surface area contributed by atoms with Gasteiger partial charge in [-0.25, -0.2) is 13.6 Å². The molecule has 1 heterocycles. The van der Waals surface area contributed by atoms with Crippen LogP contribution in [0.25, 0.3) is 0 Å². The zero-order valence-corrected chi connectivity index (χ0v) is 12.1. The summed E-state index contributed by atoms with van der Waals surface area (Å²) in [6.07, 6.45) is 1.44. The molecule has 0 spiro atoms. The van der Waals surface area contributed by atoms with Crippen molar-refractivity contribution < 1.29 is 17.9 Å². The maximum absolute atomic E-state index is 11.0. The van der Waals surface area contributed by atoms with E-state index in [1.54, 1.807) is 6.07 Å². The summed E-state index contributed by atoms with van der Waals surface area (Å²) in [7, 11) is -3.79. The smallest absolute Gasteiger partial charge is 0.271 e. The normalized spacial score (nSPS) is 13.9. The molecule has 0 saturated heterocycles. The fourth-order valence-corrected chi connectivity index (χ4v) is 2.43. The van der Waals surface area contributed by atoms with E-state index in [9.17, 15) is 13.5 Å². The van der Waals surface area contributed by atoms with Gasteiger partial charge in [0, 0.05) is 6.54 Å². The summed E-state index contributed by atoms with van der Waals surface area (Å²) >= 11 is 0. The van der Waals surface area contributed by atoms with E-state index >= 15 is 0 Å². The Hall–Kier alpha value is -0.890. The molecule has 19 heavy (non-hydrogen) atoms. The van der Waals surface area contributed by atoms with Crippen LogP contribution in [0.3, 0.4) is 0 Å². The van der Waals surface area contributed by atoms with Gasteiger partial charge in [0.15, 0.2) is 0 Å². The molecule has 0 radical (unpaired) electrons. The molecule has 4 N–H and O–H groups in total. The summed E-state index contributed by atoms with van der Waals surface area (Å²) in [5.41, 5.74) is 0. The molecular weight excluding hydrogens is 268 g/mol. The largest absolute Gasteiger partial charge is 0.447 e. The van der Waals surface area contributed by atoms with Gasteiger partial charge in [0.1, 0.15) is 5.76 Å². The lowest BCUT2D eigenvalue weighted by Gasteiger charge is -2.20. The second-order valence-corrected chi connectivity index (χ2v) is 6.03. The molecule has 1 rings (SSSR count). The van der Waals surface area contributed by atoms with Gasteiger partial charge in [-0.05, 0) is 18.1 Å². The fourth-order valence-electron chi connectivity index (χ4n) is 1.95. The summed E-state index contributed by atoms with van der Waals surface area (Å²) < 4.78 is 27.1. The maximum Gasteiger partial charge on any atom is 0.271 e. The van der Waals surface area contributed by atoms with Crippen LogP contribution in [0.5, 0.6) is 0 Å². The summed E-state index contributed by atoms with van der Waals surface area (Å²) in [5, 5.41) is 17.6. The number of primary sulfonamides is 1. The van der Waals surface area contributed by atoms with E-state index in [-0.39, 0.29) is 11.0 Å². The molecule has 0 saturated carbocycles. The number of nitrogens with two attached hydrogens (primary N) is 1. The highest BCUT2D eigenvalue weighted by Gasteiger charge is 2.16. The van der Waals surface area contributed by atoms with E-state index in [4.69, 9.17) is 9.56 Å². The van der Waals surface area contributed by atoms with Crippen LogP contribution in [0.4, 0.5) is 0 Å². The van der Waals surface area contributed by atoms with Crippen molar-refractivity contribution in [2.45, 2.75) is 44.4 Å². The lowest BCUT2D eigenvalue weighted by atomic mass is 9.96. The molecule has 1 unspecified atom stereocenters. The van der Waals surface area contributed by atoms with E-state index < -0.39 is 16.1 Å². The molecule has 6 nitrogen and oxygen atoms in total. The quantitative estimate of drug-likeness (QED) is 0.657. The van der Waals surface area contributed by atoms with Gasteiger partial charge in [-0.2, -0.15) is 0 Å². The SMILES string of the molecule is CCC(CC)C(O)CNCc1ccc(S(N)(=O)=O)o1. The highest BCUT2D eigenvalue weighted by atomic mass is 32.2. The van der Waals surface area contributed by atoms with Crippen molar-refractivity contribution >= 4 is 10.0 Å². The van der Waals surface area contributed by atoms with Gasteiger partial charge >= 0.3 is 0 Å². The maximum atomic E-state index is 11.0. The molecule has 0 fully saturated rings. The number of nitrogens with one attached hydrogen (secondary N) is 1. The Kier molecular flexibility index (Phi) is 5.99. The summed E-state index contributed by atoms with van der Waals surface area (Å²) in [4.78, 5) is 0. The molecule has 1 atom stereocenters. The average molecular weight is 290 g/mol. The number of sulfonamides is 1. The van der Waals surface area contributed by atoms with Crippen LogP contribution < -0.4 is 10.5 Å². The van der Waals surface area contributed by atoms with Crippen LogP contribution in [0.15, 0.2) is 21.6 Å². The zero-order chi connectivity index (χ0) is 14.5. The van der Waals surface area contributed by atoms with E-state index in [2.05, 4.69) is 5.32 Å². The van der Waals surface area contributed by atoms with Crippen molar-refractivity contribution in [1.29, 1.82) is 0 Å². The first kappa shape index (κ1) is 16.2. The topological polar surface area (TPSA) is 106 Å². The van der Waals surface area contributed by atoms with E-state index in [0.29, 0.717) is 18.8 Å². The Bertz CT molecular complexity index is 480. The minimum atomic E-state index is -3.79. The molecule has 1 aromatic heterocycles. The Morgan fingerprint density at radius 3 is 2.47 bits per heavy atom. The molecule has 0 amide bonds. The minimum absolute atomic E-state index is 0.246. The number of hydrogen-bond donors (Lipinski definition) is 3. The minimum Gasteiger partial charge on any atom is -0.447 e. The van der Waals surface area contributed by atoms with Crippen LogP contribution in [-0.2, 0) is 16.6 Å².